The summed E-state index contributed by atoms with van der Waals surface area (Å²) in [5, 5.41) is 4.97. The molecule has 0 unspecified atom stereocenters. The second-order valence-electron chi connectivity index (χ2n) is 4.50. The number of H-pyrrole nitrogens is 1. The van der Waals surface area contributed by atoms with Crippen molar-refractivity contribution < 1.29 is 13.1 Å². The van der Waals surface area contributed by atoms with Crippen LogP contribution in [0.2, 0.25) is 0 Å². The molecule has 2 N–H and O–H groups in total. The number of imidazole rings is 1. The second-order valence-corrected chi connectivity index (χ2v) is 6.44. The van der Waals surface area contributed by atoms with Crippen molar-refractivity contribution in [2.75, 3.05) is 13.1 Å². The van der Waals surface area contributed by atoms with E-state index in [0.29, 0.717) is 5.11 Å². The van der Waals surface area contributed by atoms with Crippen molar-refractivity contribution in [3.05, 3.63) is 18.2 Å². The summed E-state index contributed by atoms with van der Waals surface area (Å²) in [7, 11) is 9.34. The van der Waals surface area contributed by atoms with Gasteiger partial charge in [0.05, 0.1) is 0 Å². The fraction of sp³-hybridized carbons (Fsp3) is 0.583. The molecule has 21 heavy (non-hydrogen) atoms. The van der Waals surface area contributed by atoms with Gasteiger partial charge >= 0.3 is 33.3 Å². The fourth-order valence-electron chi connectivity index (χ4n) is 1.99. The van der Waals surface area contributed by atoms with Gasteiger partial charge in [0.2, 0.25) is 0 Å². The Balaban J connectivity index is 0.000000677. The first-order valence-electron chi connectivity index (χ1n) is 6.59. The predicted molar refractivity (Wildman–Crippen MR) is 88.3 cm³/mol. The van der Waals surface area contributed by atoms with Crippen LogP contribution in [-0.2, 0) is 13.1 Å². The summed E-state index contributed by atoms with van der Waals surface area (Å²) in [5.41, 5.74) is 3.76. The maximum absolute atomic E-state index is 5.36. The SMILES string of the molecule is C/C(=N\NC(=S)N1CCCCCC1)c1ncc[nH]1.[Cl][Cu][Cl]. The zero-order valence-corrected chi connectivity index (χ0v) is 15.0. The predicted octanol–water partition coefficient (Wildman–Crippen LogP) is 3.26. The van der Waals surface area contributed by atoms with Crippen LogP contribution < -0.4 is 5.43 Å². The third-order valence-electron chi connectivity index (χ3n) is 3.05. The van der Waals surface area contributed by atoms with Crippen LogP contribution in [0.1, 0.15) is 38.4 Å². The van der Waals surface area contributed by atoms with E-state index >= 15 is 0 Å². The van der Waals surface area contributed by atoms with E-state index < -0.39 is 0 Å². The molecule has 0 radical (unpaired) electrons. The molecule has 1 aromatic heterocycles. The van der Waals surface area contributed by atoms with Crippen LogP contribution in [0.15, 0.2) is 17.5 Å². The Kier molecular flexibility index (Phi) is 10.0. The molecular weight excluding hydrogens is 381 g/mol. The van der Waals surface area contributed by atoms with Crippen LogP contribution in [0.5, 0.6) is 0 Å². The summed E-state index contributed by atoms with van der Waals surface area (Å²) in [5.74, 6) is 0.765. The molecule has 123 valence electrons. The number of halogens is 2. The van der Waals surface area contributed by atoms with E-state index in [1.54, 1.807) is 12.4 Å². The van der Waals surface area contributed by atoms with Gasteiger partial charge in [0.1, 0.15) is 5.71 Å². The average molecular weight is 400 g/mol. The van der Waals surface area contributed by atoms with Gasteiger partial charge in [-0.1, -0.05) is 12.8 Å². The molecule has 5 nitrogen and oxygen atoms in total. The van der Waals surface area contributed by atoms with Crippen LogP contribution in [0.25, 0.3) is 0 Å². The minimum absolute atomic E-state index is 0.711. The van der Waals surface area contributed by atoms with Crippen molar-refractivity contribution in [2.24, 2.45) is 5.10 Å². The third kappa shape index (κ3) is 7.47. The number of hydrogen-bond acceptors (Lipinski definition) is 3. The summed E-state index contributed by atoms with van der Waals surface area (Å²) in [6, 6.07) is 0. The van der Waals surface area contributed by atoms with Crippen molar-refractivity contribution in [1.82, 2.24) is 20.3 Å². The Morgan fingerprint density at radius 2 is 2.00 bits per heavy atom. The van der Waals surface area contributed by atoms with Gasteiger partial charge in [-0.15, -0.1) is 0 Å². The number of thiocarbonyl (C=S) groups is 1. The van der Waals surface area contributed by atoms with Crippen LogP contribution >= 0.6 is 32.4 Å². The van der Waals surface area contributed by atoms with Crippen LogP contribution in [0, 0.1) is 0 Å². The molecule has 0 aliphatic carbocycles. The van der Waals surface area contributed by atoms with Crippen molar-refractivity contribution in [1.29, 1.82) is 0 Å². The Bertz CT molecular complexity index is 433. The molecule has 0 saturated carbocycles. The molecular formula is C12H19Cl2CuN5S. The minimum atomic E-state index is 0.711. The van der Waals surface area contributed by atoms with E-state index in [4.69, 9.17) is 12.2 Å². The Labute approximate surface area is 145 Å². The Morgan fingerprint density at radius 1 is 1.38 bits per heavy atom. The zero-order valence-electron chi connectivity index (χ0n) is 11.7. The van der Waals surface area contributed by atoms with E-state index in [2.05, 4.69) is 45.6 Å². The molecule has 2 heterocycles. The molecule has 1 aliphatic rings. The van der Waals surface area contributed by atoms with E-state index in [1.165, 1.54) is 25.7 Å². The number of nitrogens with one attached hydrogen (secondary N) is 2. The van der Waals surface area contributed by atoms with E-state index in [1.807, 2.05) is 6.92 Å². The third-order valence-corrected chi connectivity index (χ3v) is 3.40. The molecule has 0 bridgehead atoms. The van der Waals surface area contributed by atoms with Gasteiger partial charge in [-0.3, -0.25) is 5.43 Å². The van der Waals surface area contributed by atoms with Crippen LogP contribution in [0.3, 0.4) is 0 Å². The Hall–Kier alpha value is -0.331. The number of nitrogens with zero attached hydrogens (tertiary/aromatic N) is 3. The number of aromatic nitrogens is 2. The molecule has 0 spiro atoms. The average Bonchev–Trinajstić information content (AvgIpc) is 2.88. The number of rotatable bonds is 2. The number of hydrazone groups is 1. The number of aromatic amines is 1. The van der Waals surface area contributed by atoms with E-state index in [-0.39, 0.29) is 0 Å². The van der Waals surface area contributed by atoms with Gasteiger partial charge in [-0.25, -0.2) is 4.98 Å². The number of hydrogen-bond donors (Lipinski definition) is 2. The molecule has 9 heteroatoms. The van der Waals surface area contributed by atoms with Crippen molar-refractivity contribution in [2.45, 2.75) is 32.6 Å². The van der Waals surface area contributed by atoms with Gasteiger partial charge in [0, 0.05) is 25.5 Å². The first kappa shape index (κ1) is 18.7. The summed E-state index contributed by atoms with van der Waals surface area (Å²) in [4.78, 5) is 9.35. The summed E-state index contributed by atoms with van der Waals surface area (Å²) in [6.07, 6.45) is 8.51. The summed E-state index contributed by atoms with van der Waals surface area (Å²) in [6.45, 7) is 3.96. The van der Waals surface area contributed by atoms with Crippen LogP contribution in [-0.4, -0.2) is 38.8 Å². The molecule has 1 saturated heterocycles. The first-order chi connectivity index (χ1) is 10.2. The van der Waals surface area contributed by atoms with Crippen molar-refractivity contribution >= 4 is 43.2 Å². The maximum atomic E-state index is 5.36. The second kappa shape index (κ2) is 11.3. The summed E-state index contributed by atoms with van der Waals surface area (Å²) >= 11 is 6.12. The molecule has 2 rings (SSSR count). The van der Waals surface area contributed by atoms with Crippen molar-refractivity contribution in [3.63, 3.8) is 0 Å². The van der Waals surface area contributed by atoms with Crippen molar-refractivity contribution in [3.8, 4) is 0 Å². The van der Waals surface area contributed by atoms with E-state index in [9.17, 15) is 0 Å². The van der Waals surface area contributed by atoms with Crippen LogP contribution in [0.4, 0.5) is 0 Å². The molecule has 0 atom stereocenters. The van der Waals surface area contributed by atoms with E-state index in [0.717, 1.165) is 37.8 Å². The first-order valence-corrected chi connectivity index (χ1v) is 9.59. The fourth-order valence-corrected chi connectivity index (χ4v) is 2.22. The number of likely N-dealkylation sites (tertiary alicyclic amines) is 1. The van der Waals surface area contributed by atoms with Gasteiger partial charge in [0.15, 0.2) is 10.9 Å². The monoisotopic (exact) mass is 398 g/mol. The summed E-state index contributed by atoms with van der Waals surface area (Å²) < 4.78 is 0. The molecule has 0 amide bonds. The molecule has 0 aromatic carbocycles. The molecule has 1 aliphatic heterocycles. The normalized spacial score (nSPS) is 16.0. The standard InChI is InChI=1S/C12H19N5S.2ClH.Cu/c1-10(11-13-6-7-14-11)15-16-12(18)17-8-4-2-3-5-9-17;;;/h6-7H,2-5,8-9H2,1H3,(H,13,14)(H,16,18);2*1H;/q;;;+2/p-2/b15-10+;;;. The van der Waals surface area contributed by atoms with Gasteiger partial charge in [-0.05, 0) is 32.0 Å². The topological polar surface area (TPSA) is 56.3 Å². The quantitative estimate of drug-likeness (QED) is 0.347. The van der Waals surface area contributed by atoms with Gasteiger partial charge in [-0.2, -0.15) is 5.10 Å². The Morgan fingerprint density at radius 3 is 2.52 bits per heavy atom. The molecule has 1 aromatic rings. The molecule has 1 fully saturated rings. The zero-order chi connectivity index (χ0) is 15.5. The van der Waals surface area contributed by atoms with Gasteiger partial charge < -0.3 is 9.88 Å². The van der Waals surface area contributed by atoms with Gasteiger partial charge in [0.25, 0.3) is 0 Å².